The maximum absolute atomic E-state index is 13.4. The summed E-state index contributed by atoms with van der Waals surface area (Å²) in [6, 6.07) is 21.3. The number of rotatable bonds is 5. The second-order valence-corrected chi connectivity index (χ2v) is 7.17. The van der Waals surface area contributed by atoms with Crippen molar-refractivity contribution in [3.05, 3.63) is 101 Å². The highest BCUT2D eigenvalue weighted by atomic mass is 19.1. The molecule has 0 fully saturated rings. The molecular formula is C25H22FNO2. The van der Waals surface area contributed by atoms with E-state index in [0.29, 0.717) is 6.54 Å². The average Bonchev–Trinajstić information content (AvgIpc) is 3.03. The Hall–Kier alpha value is -3.40. The van der Waals surface area contributed by atoms with Crippen LogP contribution in [0.5, 0.6) is 0 Å². The van der Waals surface area contributed by atoms with Crippen LogP contribution >= 0.6 is 0 Å². The molecule has 29 heavy (non-hydrogen) atoms. The predicted molar refractivity (Wildman–Crippen MR) is 113 cm³/mol. The normalized spacial score (nSPS) is 12.6. The Bertz CT molecular complexity index is 1010. The second-order valence-electron chi connectivity index (χ2n) is 7.17. The first kappa shape index (κ1) is 18.9. The lowest BCUT2D eigenvalue weighted by Crippen LogP contribution is -2.26. The van der Waals surface area contributed by atoms with E-state index in [2.05, 4.69) is 29.6 Å². The van der Waals surface area contributed by atoms with E-state index >= 15 is 0 Å². The van der Waals surface area contributed by atoms with Crippen LogP contribution in [0, 0.1) is 12.7 Å². The molecule has 1 aliphatic carbocycles. The maximum atomic E-state index is 13.4. The first-order valence-electron chi connectivity index (χ1n) is 9.64. The number of amides is 1. The van der Waals surface area contributed by atoms with Gasteiger partial charge in [0.1, 0.15) is 12.4 Å². The third-order valence-corrected chi connectivity index (χ3v) is 5.08. The summed E-state index contributed by atoms with van der Waals surface area (Å²) >= 11 is 0. The molecule has 3 aromatic rings. The molecule has 0 spiro atoms. The highest BCUT2D eigenvalue weighted by molar-refractivity contribution is 5.79. The molecule has 1 aliphatic rings. The number of halogens is 1. The minimum Gasteiger partial charge on any atom is -0.449 e. The van der Waals surface area contributed by atoms with Crippen LogP contribution in [0.15, 0.2) is 72.8 Å². The van der Waals surface area contributed by atoms with Crippen molar-refractivity contribution in [2.75, 3.05) is 13.2 Å². The van der Waals surface area contributed by atoms with Crippen LogP contribution < -0.4 is 5.32 Å². The molecule has 0 heterocycles. The van der Waals surface area contributed by atoms with Gasteiger partial charge in [-0.3, -0.25) is 0 Å². The molecule has 0 aliphatic heterocycles. The molecule has 0 saturated carbocycles. The van der Waals surface area contributed by atoms with Gasteiger partial charge in [0, 0.05) is 12.5 Å². The number of carbonyl (C=O) groups is 1. The molecule has 0 bridgehead atoms. The Morgan fingerprint density at radius 2 is 1.69 bits per heavy atom. The minimum atomic E-state index is -0.466. The smallest absolute Gasteiger partial charge is 0.407 e. The monoisotopic (exact) mass is 387 g/mol. The van der Waals surface area contributed by atoms with Crippen LogP contribution in [0.4, 0.5) is 9.18 Å². The van der Waals surface area contributed by atoms with Gasteiger partial charge in [-0.2, -0.15) is 0 Å². The molecule has 0 radical (unpaired) electrons. The lowest BCUT2D eigenvalue weighted by molar-refractivity contribution is 0.144. The van der Waals surface area contributed by atoms with Gasteiger partial charge in [0.05, 0.1) is 0 Å². The van der Waals surface area contributed by atoms with Gasteiger partial charge >= 0.3 is 6.09 Å². The summed E-state index contributed by atoms with van der Waals surface area (Å²) in [7, 11) is 0. The van der Waals surface area contributed by atoms with Crippen molar-refractivity contribution >= 4 is 12.2 Å². The number of nitrogens with one attached hydrogen (secondary N) is 1. The van der Waals surface area contributed by atoms with Gasteiger partial charge in [-0.05, 0) is 52.4 Å². The fourth-order valence-corrected chi connectivity index (χ4v) is 3.85. The minimum absolute atomic E-state index is 0.0407. The van der Waals surface area contributed by atoms with Gasteiger partial charge in [0.2, 0.25) is 0 Å². The van der Waals surface area contributed by atoms with Crippen LogP contribution in [0.1, 0.15) is 28.2 Å². The first-order valence-corrected chi connectivity index (χ1v) is 9.64. The summed E-state index contributed by atoms with van der Waals surface area (Å²) in [5, 5.41) is 2.71. The number of hydrogen-bond acceptors (Lipinski definition) is 2. The molecule has 1 amide bonds. The van der Waals surface area contributed by atoms with Gasteiger partial charge in [0.25, 0.3) is 0 Å². The van der Waals surface area contributed by atoms with Crippen molar-refractivity contribution < 1.29 is 13.9 Å². The van der Waals surface area contributed by atoms with Gasteiger partial charge in [-0.15, -0.1) is 0 Å². The summed E-state index contributed by atoms with van der Waals surface area (Å²) in [4.78, 5) is 12.1. The summed E-state index contributed by atoms with van der Waals surface area (Å²) in [5.41, 5.74) is 6.38. The quantitative estimate of drug-likeness (QED) is 0.611. The first-order chi connectivity index (χ1) is 14.1. The van der Waals surface area contributed by atoms with E-state index in [0.717, 1.165) is 11.1 Å². The summed E-state index contributed by atoms with van der Waals surface area (Å²) in [6.45, 7) is 2.44. The Morgan fingerprint density at radius 1 is 1.03 bits per heavy atom. The molecule has 1 N–H and O–H groups in total. The molecule has 0 atom stereocenters. The highest BCUT2D eigenvalue weighted by Crippen LogP contribution is 2.44. The largest absolute Gasteiger partial charge is 0.449 e. The Balaban J connectivity index is 1.34. The highest BCUT2D eigenvalue weighted by Gasteiger charge is 2.28. The summed E-state index contributed by atoms with van der Waals surface area (Å²) in [6.07, 6.45) is 3.09. The second kappa shape index (κ2) is 8.31. The van der Waals surface area contributed by atoms with E-state index in [4.69, 9.17) is 4.74 Å². The number of benzene rings is 3. The topological polar surface area (TPSA) is 38.3 Å². The molecule has 0 saturated heterocycles. The van der Waals surface area contributed by atoms with Gasteiger partial charge in [-0.1, -0.05) is 66.7 Å². The van der Waals surface area contributed by atoms with Crippen LogP contribution in [0.25, 0.3) is 17.2 Å². The molecule has 4 rings (SSSR count). The van der Waals surface area contributed by atoms with Crippen molar-refractivity contribution in [3.63, 3.8) is 0 Å². The molecule has 3 nitrogen and oxygen atoms in total. The number of carbonyl (C=O) groups excluding carboxylic acids is 1. The van der Waals surface area contributed by atoms with Gasteiger partial charge in [-0.25, -0.2) is 9.18 Å². The zero-order valence-electron chi connectivity index (χ0n) is 16.2. The number of alkyl carbamates (subject to hydrolysis) is 1. The molecule has 0 unspecified atom stereocenters. The summed E-state index contributed by atoms with van der Waals surface area (Å²) in [5.74, 6) is -0.229. The van der Waals surface area contributed by atoms with Crippen LogP contribution in [0.3, 0.4) is 0 Å². The number of aryl methyl sites for hydroxylation is 1. The van der Waals surface area contributed by atoms with E-state index in [1.165, 1.54) is 34.4 Å². The van der Waals surface area contributed by atoms with Crippen molar-refractivity contribution in [1.82, 2.24) is 5.32 Å². The number of fused-ring (bicyclic) bond motifs is 3. The fraction of sp³-hybridized carbons (Fsp3) is 0.160. The van der Waals surface area contributed by atoms with Crippen molar-refractivity contribution in [3.8, 4) is 11.1 Å². The van der Waals surface area contributed by atoms with E-state index in [1.807, 2.05) is 37.3 Å². The van der Waals surface area contributed by atoms with Gasteiger partial charge in [0.15, 0.2) is 0 Å². The Labute approximate surface area is 169 Å². The zero-order chi connectivity index (χ0) is 20.2. The lowest BCUT2D eigenvalue weighted by Gasteiger charge is -2.14. The van der Waals surface area contributed by atoms with Gasteiger partial charge < -0.3 is 10.1 Å². The van der Waals surface area contributed by atoms with Crippen molar-refractivity contribution in [2.45, 2.75) is 12.8 Å². The molecule has 0 aromatic heterocycles. The van der Waals surface area contributed by atoms with Crippen LogP contribution in [-0.2, 0) is 4.74 Å². The van der Waals surface area contributed by atoms with Crippen LogP contribution in [0.2, 0.25) is 0 Å². The molecule has 4 heteroatoms. The van der Waals surface area contributed by atoms with Crippen LogP contribution in [-0.4, -0.2) is 19.2 Å². The number of ether oxygens (including phenoxy) is 1. The lowest BCUT2D eigenvalue weighted by atomic mass is 9.98. The fourth-order valence-electron chi connectivity index (χ4n) is 3.85. The maximum Gasteiger partial charge on any atom is 0.407 e. The van der Waals surface area contributed by atoms with E-state index < -0.39 is 6.09 Å². The molecular weight excluding hydrogens is 365 g/mol. The average molecular weight is 387 g/mol. The van der Waals surface area contributed by atoms with E-state index in [-0.39, 0.29) is 18.3 Å². The van der Waals surface area contributed by atoms with E-state index in [9.17, 15) is 9.18 Å². The Kier molecular flexibility index (Phi) is 5.43. The SMILES string of the molecule is Cc1cc(F)cc(C=CCNC(=O)OCC2c3ccccc3-c3ccccc32)c1. The summed E-state index contributed by atoms with van der Waals surface area (Å²) < 4.78 is 18.9. The molecule has 146 valence electrons. The molecule has 3 aromatic carbocycles. The predicted octanol–water partition coefficient (Wildman–Crippen LogP) is 5.69. The van der Waals surface area contributed by atoms with Crippen molar-refractivity contribution in [2.24, 2.45) is 0 Å². The third-order valence-electron chi connectivity index (χ3n) is 5.08. The van der Waals surface area contributed by atoms with Crippen molar-refractivity contribution in [1.29, 1.82) is 0 Å². The standard InChI is InChI=1S/C25H22FNO2/c1-17-13-18(15-19(26)14-17)7-6-12-27-25(28)29-16-24-22-10-4-2-8-20(22)21-9-3-5-11-23(21)24/h2-11,13-15,24H,12,16H2,1H3,(H,27,28). The number of hydrogen-bond donors (Lipinski definition) is 1. The third kappa shape index (κ3) is 4.21. The van der Waals surface area contributed by atoms with E-state index in [1.54, 1.807) is 12.2 Å². The zero-order valence-corrected chi connectivity index (χ0v) is 16.2. The Morgan fingerprint density at radius 3 is 2.34 bits per heavy atom.